The number of hydrogen-bond donors (Lipinski definition) is 1. The second-order valence-electron chi connectivity index (χ2n) is 5.70. The molecule has 7 heteroatoms. The Hall–Kier alpha value is -1.92. The summed E-state index contributed by atoms with van der Waals surface area (Å²) in [6.45, 7) is 4.08. The minimum atomic E-state index is -4.40. The Labute approximate surface area is 134 Å². The largest absolute Gasteiger partial charge is 0.406 e. The highest BCUT2D eigenvalue weighted by Crippen LogP contribution is 2.29. The third-order valence-electron chi connectivity index (χ3n) is 4.03. The highest BCUT2D eigenvalue weighted by Gasteiger charge is 2.32. The normalized spacial score (nSPS) is 14.9. The Morgan fingerprint density at radius 1 is 1.30 bits per heavy atom. The first kappa shape index (κ1) is 17.4. The van der Waals surface area contributed by atoms with Gasteiger partial charge in [-0.15, -0.1) is 0 Å². The molecule has 0 aliphatic carbocycles. The Bertz CT molecular complexity index is 554. The van der Waals surface area contributed by atoms with Crippen molar-refractivity contribution in [2.24, 2.45) is 0 Å². The van der Waals surface area contributed by atoms with Gasteiger partial charge in [0.15, 0.2) is 0 Å². The third-order valence-corrected chi connectivity index (χ3v) is 4.03. The zero-order valence-electron chi connectivity index (χ0n) is 13.4. The molecule has 2 amide bonds. The summed E-state index contributed by atoms with van der Waals surface area (Å²) < 4.78 is 37.5. The molecule has 0 saturated carbocycles. The first-order chi connectivity index (χ1) is 10.8. The summed E-state index contributed by atoms with van der Waals surface area (Å²) in [7, 11) is 0. The standard InChI is InChI=1S/C16H22F3N3O/c1-3-21(11-16(17,18)19)15(23)20-13-7-6-8-14(12(13)2)22-9-4-5-10-22/h6-8H,3-5,9-11H2,1-2H3,(H,20,23). The van der Waals surface area contributed by atoms with Crippen molar-refractivity contribution in [3.63, 3.8) is 0 Å². The molecule has 1 N–H and O–H groups in total. The number of carbonyl (C=O) groups excluding carboxylic acids is 1. The van der Waals surface area contributed by atoms with Crippen molar-refractivity contribution in [3.05, 3.63) is 23.8 Å². The lowest BCUT2D eigenvalue weighted by molar-refractivity contribution is -0.139. The molecule has 1 aromatic rings. The number of carbonyl (C=O) groups is 1. The Balaban J connectivity index is 2.12. The Morgan fingerprint density at radius 3 is 2.52 bits per heavy atom. The molecule has 1 aliphatic heterocycles. The average Bonchev–Trinajstić information content (AvgIpc) is 3.00. The highest BCUT2D eigenvalue weighted by molar-refractivity contribution is 5.91. The smallest absolute Gasteiger partial charge is 0.371 e. The number of halogens is 3. The van der Waals surface area contributed by atoms with Crippen LogP contribution in [0.4, 0.5) is 29.3 Å². The molecule has 2 rings (SSSR count). The van der Waals surface area contributed by atoms with Crippen molar-refractivity contribution >= 4 is 17.4 Å². The second kappa shape index (κ2) is 7.10. The SMILES string of the molecule is CCN(CC(F)(F)F)C(=O)Nc1cccc(N2CCCC2)c1C. The number of anilines is 2. The quantitative estimate of drug-likeness (QED) is 0.906. The number of benzene rings is 1. The summed E-state index contributed by atoms with van der Waals surface area (Å²) in [6.07, 6.45) is -2.14. The van der Waals surface area contributed by atoms with Gasteiger partial charge in [0.1, 0.15) is 6.54 Å². The average molecular weight is 329 g/mol. The van der Waals surface area contributed by atoms with Gasteiger partial charge in [-0.1, -0.05) is 6.07 Å². The van der Waals surface area contributed by atoms with Crippen molar-refractivity contribution in [1.82, 2.24) is 4.90 Å². The lowest BCUT2D eigenvalue weighted by Gasteiger charge is -2.25. The topological polar surface area (TPSA) is 35.6 Å². The van der Waals surface area contributed by atoms with E-state index >= 15 is 0 Å². The first-order valence-electron chi connectivity index (χ1n) is 7.79. The van der Waals surface area contributed by atoms with E-state index in [2.05, 4.69) is 10.2 Å². The van der Waals surface area contributed by atoms with Crippen LogP contribution in [0.15, 0.2) is 18.2 Å². The van der Waals surface area contributed by atoms with Gasteiger partial charge in [-0.05, 0) is 44.4 Å². The molecular formula is C16H22F3N3O. The monoisotopic (exact) mass is 329 g/mol. The fraction of sp³-hybridized carbons (Fsp3) is 0.562. The number of hydrogen-bond acceptors (Lipinski definition) is 2. The number of nitrogens with one attached hydrogen (secondary N) is 1. The molecule has 23 heavy (non-hydrogen) atoms. The van der Waals surface area contributed by atoms with Gasteiger partial charge < -0.3 is 15.1 Å². The number of rotatable bonds is 4. The molecule has 128 valence electrons. The second-order valence-corrected chi connectivity index (χ2v) is 5.70. The highest BCUT2D eigenvalue weighted by atomic mass is 19.4. The van der Waals surface area contributed by atoms with E-state index in [0.29, 0.717) is 5.69 Å². The summed E-state index contributed by atoms with van der Waals surface area (Å²) >= 11 is 0. The van der Waals surface area contributed by atoms with Crippen LogP contribution in [0.1, 0.15) is 25.3 Å². The van der Waals surface area contributed by atoms with Gasteiger partial charge in [-0.3, -0.25) is 0 Å². The van der Waals surface area contributed by atoms with E-state index in [-0.39, 0.29) is 6.54 Å². The van der Waals surface area contributed by atoms with E-state index in [0.717, 1.165) is 42.1 Å². The maximum absolute atomic E-state index is 12.5. The molecule has 0 atom stereocenters. The van der Waals surface area contributed by atoms with Gasteiger partial charge in [-0.2, -0.15) is 13.2 Å². The summed E-state index contributed by atoms with van der Waals surface area (Å²) in [5.74, 6) is 0. The van der Waals surface area contributed by atoms with E-state index in [1.807, 2.05) is 19.1 Å². The van der Waals surface area contributed by atoms with Gasteiger partial charge in [0.2, 0.25) is 0 Å². The minimum Gasteiger partial charge on any atom is -0.371 e. The Morgan fingerprint density at radius 2 is 1.96 bits per heavy atom. The zero-order chi connectivity index (χ0) is 17.0. The minimum absolute atomic E-state index is 0.00376. The molecule has 0 spiro atoms. The van der Waals surface area contributed by atoms with Crippen molar-refractivity contribution in [3.8, 4) is 0 Å². The predicted molar refractivity (Wildman–Crippen MR) is 84.9 cm³/mol. The van der Waals surface area contributed by atoms with Gasteiger partial charge in [0, 0.05) is 31.0 Å². The molecule has 4 nitrogen and oxygen atoms in total. The van der Waals surface area contributed by atoms with E-state index in [1.54, 1.807) is 6.07 Å². The van der Waals surface area contributed by atoms with Crippen LogP contribution in [0.3, 0.4) is 0 Å². The van der Waals surface area contributed by atoms with Crippen molar-refractivity contribution in [1.29, 1.82) is 0 Å². The van der Waals surface area contributed by atoms with Crippen LogP contribution < -0.4 is 10.2 Å². The molecule has 0 radical (unpaired) electrons. The van der Waals surface area contributed by atoms with Crippen LogP contribution in [0.25, 0.3) is 0 Å². The van der Waals surface area contributed by atoms with Crippen LogP contribution >= 0.6 is 0 Å². The van der Waals surface area contributed by atoms with E-state index in [9.17, 15) is 18.0 Å². The van der Waals surface area contributed by atoms with Crippen LogP contribution in [-0.4, -0.2) is 43.3 Å². The van der Waals surface area contributed by atoms with Gasteiger partial charge >= 0.3 is 12.2 Å². The molecule has 0 aromatic heterocycles. The zero-order valence-corrected chi connectivity index (χ0v) is 13.4. The fourth-order valence-corrected chi connectivity index (χ4v) is 2.80. The fourth-order valence-electron chi connectivity index (χ4n) is 2.80. The van der Waals surface area contributed by atoms with E-state index < -0.39 is 18.8 Å². The Kier molecular flexibility index (Phi) is 5.38. The van der Waals surface area contributed by atoms with Crippen LogP contribution in [0.5, 0.6) is 0 Å². The van der Waals surface area contributed by atoms with Gasteiger partial charge in [0.25, 0.3) is 0 Å². The maximum atomic E-state index is 12.5. The van der Waals surface area contributed by atoms with Gasteiger partial charge in [-0.25, -0.2) is 4.79 Å². The van der Waals surface area contributed by atoms with Crippen LogP contribution in [-0.2, 0) is 0 Å². The molecule has 1 heterocycles. The number of urea groups is 1. The molecule has 1 aliphatic rings. The molecule has 1 aromatic carbocycles. The molecule has 0 bridgehead atoms. The van der Waals surface area contributed by atoms with E-state index in [1.165, 1.54) is 6.92 Å². The number of amides is 2. The first-order valence-corrected chi connectivity index (χ1v) is 7.79. The lowest BCUT2D eigenvalue weighted by atomic mass is 10.1. The molecule has 1 saturated heterocycles. The number of nitrogens with zero attached hydrogens (tertiary/aromatic N) is 2. The molecular weight excluding hydrogens is 307 g/mol. The van der Waals surface area contributed by atoms with Crippen LogP contribution in [0, 0.1) is 6.92 Å². The van der Waals surface area contributed by atoms with E-state index in [4.69, 9.17) is 0 Å². The van der Waals surface area contributed by atoms with Crippen molar-refractivity contribution < 1.29 is 18.0 Å². The predicted octanol–water partition coefficient (Wildman–Crippen LogP) is 4.01. The van der Waals surface area contributed by atoms with Crippen LogP contribution in [0.2, 0.25) is 0 Å². The summed E-state index contributed by atoms with van der Waals surface area (Å²) in [5.41, 5.74) is 2.46. The summed E-state index contributed by atoms with van der Waals surface area (Å²) in [5, 5.41) is 2.61. The molecule has 1 fully saturated rings. The van der Waals surface area contributed by atoms with Crippen molar-refractivity contribution in [2.45, 2.75) is 32.9 Å². The third kappa shape index (κ3) is 4.53. The maximum Gasteiger partial charge on any atom is 0.406 e. The van der Waals surface area contributed by atoms with Crippen molar-refractivity contribution in [2.75, 3.05) is 36.4 Å². The number of alkyl halides is 3. The molecule has 0 unspecified atom stereocenters. The summed E-state index contributed by atoms with van der Waals surface area (Å²) in [6, 6.07) is 4.78. The summed E-state index contributed by atoms with van der Waals surface area (Å²) in [4.78, 5) is 15.1. The van der Waals surface area contributed by atoms with Gasteiger partial charge in [0.05, 0.1) is 0 Å². The lowest BCUT2D eigenvalue weighted by Crippen LogP contribution is -2.41.